The largest absolute Gasteiger partial charge is 0.354 e. The van der Waals surface area contributed by atoms with Gasteiger partial charge in [-0.25, -0.2) is 0 Å². The van der Waals surface area contributed by atoms with Crippen molar-refractivity contribution in [3.8, 4) is 0 Å². The molecule has 0 spiro atoms. The Hall–Kier alpha value is -2.62. The fraction of sp³-hybridized carbons (Fsp3) is 0.391. The minimum Gasteiger partial charge on any atom is -0.354 e. The van der Waals surface area contributed by atoms with Gasteiger partial charge < -0.3 is 10.4 Å². The highest BCUT2D eigenvalue weighted by Gasteiger charge is 2.33. The maximum absolute atomic E-state index is 5.13. The first kappa shape index (κ1) is 17.8. The number of fused-ring (bicyclic) bond motifs is 5. The van der Waals surface area contributed by atoms with Gasteiger partial charge in [0.25, 0.3) is 0 Å². The zero-order valence-electron chi connectivity index (χ0n) is 16.7. The number of para-hydroxylation sites is 1. The monoisotopic (exact) mass is 360 g/mol. The first-order valence-corrected chi connectivity index (χ1v) is 9.76. The summed E-state index contributed by atoms with van der Waals surface area (Å²) in [5, 5.41) is 7.28. The Kier molecular flexibility index (Phi) is 4.29. The summed E-state index contributed by atoms with van der Waals surface area (Å²) in [6, 6.07) is 8.51. The van der Waals surface area contributed by atoms with Crippen molar-refractivity contribution in [2.75, 3.05) is 6.54 Å². The topological polar surface area (TPSA) is 53.1 Å². The lowest BCUT2D eigenvalue weighted by molar-refractivity contribution is 0.367. The summed E-state index contributed by atoms with van der Waals surface area (Å²) in [5.74, 6) is 0. The van der Waals surface area contributed by atoms with Crippen LogP contribution < -0.4 is 5.43 Å². The summed E-state index contributed by atoms with van der Waals surface area (Å²) in [7, 11) is 0. The number of rotatable bonds is 4. The summed E-state index contributed by atoms with van der Waals surface area (Å²) >= 11 is 0. The summed E-state index contributed by atoms with van der Waals surface area (Å²) in [6.45, 7) is 13.4. The van der Waals surface area contributed by atoms with Crippen LogP contribution in [0.25, 0.3) is 21.8 Å². The number of hydrazone groups is 1. The van der Waals surface area contributed by atoms with Crippen molar-refractivity contribution in [3.05, 3.63) is 53.4 Å². The highest BCUT2D eigenvalue weighted by Crippen LogP contribution is 2.40. The van der Waals surface area contributed by atoms with Gasteiger partial charge in [0, 0.05) is 21.9 Å². The SMILES string of the molecule is C=C(C)CNN=C1CC(C)(C)Cc2nc(CC)c3c([nH]c4ccccc43)c21. The fourth-order valence-electron chi connectivity index (χ4n) is 4.17. The zero-order valence-corrected chi connectivity index (χ0v) is 16.7. The third-order valence-corrected chi connectivity index (χ3v) is 5.31. The molecule has 0 bridgehead atoms. The maximum atomic E-state index is 5.13. The van der Waals surface area contributed by atoms with Crippen LogP contribution in [0.3, 0.4) is 0 Å². The van der Waals surface area contributed by atoms with Crippen molar-refractivity contribution in [2.45, 2.75) is 47.0 Å². The second kappa shape index (κ2) is 6.52. The van der Waals surface area contributed by atoms with Gasteiger partial charge in [-0.15, -0.1) is 0 Å². The number of aromatic amines is 1. The van der Waals surface area contributed by atoms with Gasteiger partial charge >= 0.3 is 0 Å². The van der Waals surface area contributed by atoms with Crippen LogP contribution in [-0.4, -0.2) is 22.2 Å². The van der Waals surface area contributed by atoms with E-state index in [-0.39, 0.29) is 5.41 Å². The summed E-state index contributed by atoms with van der Waals surface area (Å²) in [4.78, 5) is 8.80. The molecular formula is C23H28N4. The van der Waals surface area contributed by atoms with E-state index in [0.717, 1.165) is 41.8 Å². The van der Waals surface area contributed by atoms with Crippen molar-refractivity contribution < 1.29 is 0 Å². The predicted molar refractivity (Wildman–Crippen MR) is 114 cm³/mol. The van der Waals surface area contributed by atoms with Gasteiger partial charge in [0.2, 0.25) is 0 Å². The van der Waals surface area contributed by atoms with Crippen molar-refractivity contribution in [1.82, 2.24) is 15.4 Å². The quantitative estimate of drug-likeness (QED) is 0.501. The van der Waals surface area contributed by atoms with E-state index < -0.39 is 0 Å². The third kappa shape index (κ3) is 3.14. The van der Waals surface area contributed by atoms with E-state index in [4.69, 9.17) is 10.1 Å². The molecular weight excluding hydrogens is 332 g/mol. The number of nitrogens with one attached hydrogen (secondary N) is 2. The Balaban J connectivity index is 2.00. The van der Waals surface area contributed by atoms with E-state index >= 15 is 0 Å². The van der Waals surface area contributed by atoms with Crippen molar-refractivity contribution in [1.29, 1.82) is 0 Å². The molecule has 0 fully saturated rings. The second-order valence-electron chi connectivity index (χ2n) is 8.52. The second-order valence-corrected chi connectivity index (χ2v) is 8.52. The van der Waals surface area contributed by atoms with E-state index in [9.17, 15) is 0 Å². The Morgan fingerprint density at radius 1 is 1.30 bits per heavy atom. The number of aromatic nitrogens is 2. The van der Waals surface area contributed by atoms with Crippen LogP contribution in [0.15, 0.2) is 41.5 Å². The van der Waals surface area contributed by atoms with Gasteiger partial charge in [0.05, 0.1) is 29.2 Å². The molecule has 0 atom stereocenters. The molecule has 4 rings (SSSR count). The molecule has 2 N–H and O–H groups in total. The highest BCUT2D eigenvalue weighted by atomic mass is 15.3. The number of hydrogen-bond donors (Lipinski definition) is 2. The van der Waals surface area contributed by atoms with E-state index in [1.54, 1.807) is 0 Å². The maximum Gasteiger partial charge on any atom is 0.0720 e. The Morgan fingerprint density at radius 3 is 2.81 bits per heavy atom. The fourth-order valence-corrected chi connectivity index (χ4v) is 4.17. The van der Waals surface area contributed by atoms with Crippen LogP contribution >= 0.6 is 0 Å². The molecule has 27 heavy (non-hydrogen) atoms. The van der Waals surface area contributed by atoms with Crippen molar-refractivity contribution in [2.24, 2.45) is 10.5 Å². The summed E-state index contributed by atoms with van der Waals surface area (Å²) in [5.41, 5.74) is 11.4. The van der Waals surface area contributed by atoms with Gasteiger partial charge in [-0.2, -0.15) is 5.10 Å². The Morgan fingerprint density at radius 2 is 2.07 bits per heavy atom. The first-order valence-electron chi connectivity index (χ1n) is 9.76. The Bertz CT molecular complexity index is 1070. The summed E-state index contributed by atoms with van der Waals surface area (Å²) < 4.78 is 0. The normalized spacial score (nSPS) is 17.4. The number of H-pyrrole nitrogens is 1. The highest BCUT2D eigenvalue weighted by molar-refractivity contribution is 6.18. The number of nitrogens with zero attached hydrogens (tertiary/aromatic N) is 2. The Labute approximate surface area is 160 Å². The average molecular weight is 361 g/mol. The molecule has 1 aliphatic rings. The zero-order chi connectivity index (χ0) is 19.2. The van der Waals surface area contributed by atoms with Gasteiger partial charge in [-0.05, 0) is 37.7 Å². The summed E-state index contributed by atoms with van der Waals surface area (Å²) in [6.07, 6.45) is 2.83. The van der Waals surface area contributed by atoms with Gasteiger partial charge in [-0.3, -0.25) is 4.98 Å². The molecule has 0 amide bonds. The van der Waals surface area contributed by atoms with E-state index in [1.807, 2.05) is 6.92 Å². The van der Waals surface area contributed by atoms with E-state index in [1.165, 1.54) is 27.5 Å². The molecule has 140 valence electrons. The van der Waals surface area contributed by atoms with Crippen molar-refractivity contribution in [3.63, 3.8) is 0 Å². The smallest absolute Gasteiger partial charge is 0.0720 e. The molecule has 3 aromatic rings. The predicted octanol–water partition coefficient (Wildman–Crippen LogP) is 5.12. The van der Waals surface area contributed by atoms with Crippen LogP contribution in [0.2, 0.25) is 0 Å². The van der Waals surface area contributed by atoms with E-state index in [2.05, 4.69) is 62.0 Å². The van der Waals surface area contributed by atoms with Crippen LogP contribution in [0, 0.1) is 5.41 Å². The van der Waals surface area contributed by atoms with Gasteiger partial charge in [0.1, 0.15) is 0 Å². The lowest BCUT2D eigenvalue weighted by Crippen LogP contribution is -2.30. The molecule has 0 unspecified atom stereocenters. The van der Waals surface area contributed by atoms with Gasteiger partial charge in [0.15, 0.2) is 0 Å². The molecule has 4 nitrogen and oxygen atoms in total. The molecule has 0 radical (unpaired) electrons. The lowest BCUT2D eigenvalue weighted by Gasteiger charge is -2.32. The number of aryl methyl sites for hydroxylation is 1. The first-order chi connectivity index (χ1) is 12.9. The van der Waals surface area contributed by atoms with Crippen LogP contribution in [0.5, 0.6) is 0 Å². The molecule has 1 aromatic carbocycles. The van der Waals surface area contributed by atoms with E-state index in [0.29, 0.717) is 6.54 Å². The van der Waals surface area contributed by atoms with Crippen molar-refractivity contribution >= 4 is 27.5 Å². The molecule has 4 heteroatoms. The number of pyridine rings is 1. The minimum absolute atomic E-state index is 0.147. The van der Waals surface area contributed by atoms with Crippen LogP contribution in [0.4, 0.5) is 0 Å². The molecule has 0 saturated carbocycles. The molecule has 2 aromatic heterocycles. The number of benzene rings is 1. The van der Waals surface area contributed by atoms with Crippen LogP contribution in [0.1, 0.15) is 51.1 Å². The molecule has 1 aliphatic carbocycles. The lowest BCUT2D eigenvalue weighted by atomic mass is 9.74. The third-order valence-electron chi connectivity index (χ3n) is 5.31. The average Bonchev–Trinajstić information content (AvgIpc) is 2.98. The standard InChI is InChI=1S/C23H28N4/c1-6-16-20-15-9-7-8-10-17(15)26-22(20)21-18(25-16)11-23(4,5)12-19(21)27-24-13-14(2)3/h7-10,24,26H,2,6,11-13H2,1,3-5H3. The minimum atomic E-state index is 0.147. The van der Waals surface area contributed by atoms with Gasteiger partial charge in [-0.1, -0.05) is 51.1 Å². The molecule has 2 heterocycles. The molecule has 0 aliphatic heterocycles. The molecule has 0 saturated heterocycles. The number of hydrogen-bond acceptors (Lipinski definition) is 3. The van der Waals surface area contributed by atoms with Crippen LogP contribution in [-0.2, 0) is 12.8 Å².